The van der Waals surface area contributed by atoms with Gasteiger partial charge >= 0.3 is 0 Å². The maximum absolute atomic E-state index is 8.82. The SMILES string of the molecule is N#CCC1CNCCN1c1ccc(Br)cc1. The Morgan fingerprint density at radius 1 is 1.44 bits per heavy atom. The van der Waals surface area contributed by atoms with Crippen LogP contribution in [0, 0.1) is 11.3 Å². The predicted molar refractivity (Wildman–Crippen MR) is 68.4 cm³/mol. The normalized spacial score (nSPS) is 20.5. The largest absolute Gasteiger partial charge is 0.365 e. The summed E-state index contributed by atoms with van der Waals surface area (Å²) in [6.07, 6.45) is 0.572. The molecule has 1 aromatic carbocycles. The molecule has 3 nitrogen and oxygen atoms in total. The van der Waals surface area contributed by atoms with Crippen LogP contribution in [-0.4, -0.2) is 25.7 Å². The van der Waals surface area contributed by atoms with Crippen molar-refractivity contribution in [1.82, 2.24) is 5.32 Å². The molecule has 1 saturated heterocycles. The van der Waals surface area contributed by atoms with E-state index in [1.165, 1.54) is 5.69 Å². The van der Waals surface area contributed by atoms with Crippen molar-refractivity contribution in [3.63, 3.8) is 0 Å². The number of nitrogens with one attached hydrogen (secondary N) is 1. The lowest BCUT2D eigenvalue weighted by Crippen LogP contribution is -2.51. The van der Waals surface area contributed by atoms with Crippen LogP contribution in [-0.2, 0) is 0 Å². The predicted octanol–water partition coefficient (Wildman–Crippen LogP) is 2.14. The first-order valence-corrected chi connectivity index (χ1v) is 6.20. The van der Waals surface area contributed by atoms with E-state index in [1.54, 1.807) is 0 Å². The third kappa shape index (κ3) is 2.55. The van der Waals surface area contributed by atoms with Gasteiger partial charge in [-0.15, -0.1) is 0 Å². The van der Waals surface area contributed by atoms with Crippen LogP contribution in [0.4, 0.5) is 5.69 Å². The van der Waals surface area contributed by atoms with Crippen LogP contribution in [0.5, 0.6) is 0 Å². The van der Waals surface area contributed by atoms with Gasteiger partial charge in [0.15, 0.2) is 0 Å². The van der Waals surface area contributed by atoms with Gasteiger partial charge in [-0.05, 0) is 24.3 Å². The number of piperazine rings is 1. The Morgan fingerprint density at radius 3 is 2.88 bits per heavy atom. The van der Waals surface area contributed by atoms with E-state index in [1.807, 2.05) is 12.1 Å². The first-order chi connectivity index (χ1) is 7.81. The summed E-state index contributed by atoms with van der Waals surface area (Å²) >= 11 is 3.43. The van der Waals surface area contributed by atoms with Gasteiger partial charge in [0.1, 0.15) is 0 Å². The molecule has 0 aliphatic carbocycles. The van der Waals surface area contributed by atoms with Gasteiger partial charge in [0, 0.05) is 29.8 Å². The Morgan fingerprint density at radius 2 is 2.19 bits per heavy atom. The van der Waals surface area contributed by atoms with E-state index in [2.05, 4.69) is 44.3 Å². The number of nitriles is 1. The number of nitrogens with zero attached hydrogens (tertiary/aromatic N) is 2. The first kappa shape index (κ1) is 11.4. The second-order valence-corrected chi connectivity index (χ2v) is 4.81. The van der Waals surface area contributed by atoms with Crippen LogP contribution < -0.4 is 10.2 Å². The second-order valence-electron chi connectivity index (χ2n) is 3.89. The minimum absolute atomic E-state index is 0.292. The zero-order chi connectivity index (χ0) is 11.4. The smallest absolute Gasteiger partial charge is 0.0643 e. The molecule has 1 N–H and O–H groups in total. The van der Waals surface area contributed by atoms with E-state index in [0.29, 0.717) is 12.5 Å². The third-order valence-electron chi connectivity index (χ3n) is 2.84. The van der Waals surface area contributed by atoms with Crippen LogP contribution in [0.1, 0.15) is 6.42 Å². The Labute approximate surface area is 104 Å². The van der Waals surface area contributed by atoms with E-state index >= 15 is 0 Å². The first-order valence-electron chi connectivity index (χ1n) is 5.41. The molecule has 84 valence electrons. The lowest BCUT2D eigenvalue weighted by atomic mass is 10.1. The van der Waals surface area contributed by atoms with E-state index in [0.717, 1.165) is 24.1 Å². The number of halogens is 1. The van der Waals surface area contributed by atoms with Gasteiger partial charge in [-0.1, -0.05) is 15.9 Å². The van der Waals surface area contributed by atoms with Crippen molar-refractivity contribution in [1.29, 1.82) is 5.26 Å². The highest BCUT2D eigenvalue weighted by Gasteiger charge is 2.21. The van der Waals surface area contributed by atoms with Crippen molar-refractivity contribution in [2.75, 3.05) is 24.5 Å². The minimum atomic E-state index is 0.292. The van der Waals surface area contributed by atoms with Crippen LogP contribution in [0.25, 0.3) is 0 Å². The number of benzene rings is 1. The van der Waals surface area contributed by atoms with Crippen LogP contribution in [0.3, 0.4) is 0 Å². The molecule has 0 spiro atoms. The quantitative estimate of drug-likeness (QED) is 0.902. The van der Waals surface area contributed by atoms with Crippen LogP contribution in [0.2, 0.25) is 0 Å². The fourth-order valence-corrected chi connectivity index (χ4v) is 2.29. The third-order valence-corrected chi connectivity index (χ3v) is 3.36. The molecule has 0 radical (unpaired) electrons. The highest BCUT2D eigenvalue weighted by molar-refractivity contribution is 9.10. The number of hydrogen-bond acceptors (Lipinski definition) is 3. The van der Waals surface area contributed by atoms with Crippen LogP contribution in [0.15, 0.2) is 28.7 Å². The zero-order valence-corrected chi connectivity index (χ0v) is 10.6. The summed E-state index contributed by atoms with van der Waals surface area (Å²) in [5, 5.41) is 12.1. The molecule has 0 bridgehead atoms. The molecular formula is C12H14BrN3. The van der Waals surface area contributed by atoms with Crippen LogP contribution >= 0.6 is 15.9 Å². The molecular weight excluding hydrogens is 266 g/mol. The van der Waals surface area contributed by atoms with Crippen molar-refractivity contribution >= 4 is 21.6 Å². The van der Waals surface area contributed by atoms with Gasteiger partial charge in [-0.2, -0.15) is 5.26 Å². The number of hydrogen-bond donors (Lipinski definition) is 1. The van der Waals surface area contributed by atoms with Gasteiger partial charge < -0.3 is 10.2 Å². The molecule has 4 heteroatoms. The van der Waals surface area contributed by atoms with Crippen molar-refractivity contribution in [2.24, 2.45) is 0 Å². The maximum atomic E-state index is 8.82. The molecule has 1 fully saturated rings. The monoisotopic (exact) mass is 279 g/mol. The molecule has 16 heavy (non-hydrogen) atoms. The van der Waals surface area contributed by atoms with E-state index < -0.39 is 0 Å². The standard InChI is InChI=1S/C12H14BrN3/c13-10-1-3-11(4-2-10)16-8-7-15-9-12(16)5-6-14/h1-4,12,15H,5,7-9H2. The number of rotatable bonds is 2. The molecule has 0 amide bonds. The molecule has 1 aliphatic rings. The molecule has 1 aromatic rings. The minimum Gasteiger partial charge on any atom is -0.365 e. The summed E-state index contributed by atoms with van der Waals surface area (Å²) in [5.41, 5.74) is 1.20. The van der Waals surface area contributed by atoms with Gasteiger partial charge in [0.2, 0.25) is 0 Å². The zero-order valence-electron chi connectivity index (χ0n) is 8.99. The topological polar surface area (TPSA) is 39.1 Å². The Kier molecular flexibility index (Phi) is 3.81. The van der Waals surface area contributed by atoms with Crippen molar-refractivity contribution in [3.05, 3.63) is 28.7 Å². The lowest BCUT2D eigenvalue weighted by molar-refractivity contribution is 0.481. The Bertz CT molecular complexity index is 382. The van der Waals surface area contributed by atoms with Gasteiger partial charge in [-0.25, -0.2) is 0 Å². The molecule has 0 aromatic heterocycles. The summed E-state index contributed by atoms with van der Waals surface area (Å²) in [5.74, 6) is 0. The average molecular weight is 280 g/mol. The molecule has 1 heterocycles. The summed E-state index contributed by atoms with van der Waals surface area (Å²) in [7, 11) is 0. The highest BCUT2D eigenvalue weighted by atomic mass is 79.9. The van der Waals surface area contributed by atoms with E-state index in [4.69, 9.17) is 5.26 Å². The summed E-state index contributed by atoms with van der Waals surface area (Å²) in [6, 6.07) is 10.8. The highest BCUT2D eigenvalue weighted by Crippen LogP contribution is 2.22. The van der Waals surface area contributed by atoms with E-state index in [9.17, 15) is 0 Å². The fraction of sp³-hybridized carbons (Fsp3) is 0.417. The van der Waals surface area contributed by atoms with Gasteiger partial charge in [0.05, 0.1) is 18.5 Å². The molecule has 1 unspecified atom stereocenters. The Hall–Kier alpha value is -1.05. The summed E-state index contributed by atoms with van der Waals surface area (Å²) in [6.45, 7) is 2.84. The molecule has 1 aliphatic heterocycles. The second kappa shape index (κ2) is 5.33. The Balaban J connectivity index is 2.16. The average Bonchev–Trinajstić information content (AvgIpc) is 2.32. The van der Waals surface area contributed by atoms with Crippen molar-refractivity contribution in [2.45, 2.75) is 12.5 Å². The fourth-order valence-electron chi connectivity index (χ4n) is 2.02. The summed E-state index contributed by atoms with van der Waals surface area (Å²) in [4.78, 5) is 2.31. The van der Waals surface area contributed by atoms with Gasteiger partial charge in [0.25, 0.3) is 0 Å². The maximum Gasteiger partial charge on any atom is 0.0643 e. The molecule has 1 atom stereocenters. The van der Waals surface area contributed by atoms with E-state index in [-0.39, 0.29) is 0 Å². The van der Waals surface area contributed by atoms with Crippen molar-refractivity contribution in [3.8, 4) is 6.07 Å². The van der Waals surface area contributed by atoms with Crippen molar-refractivity contribution < 1.29 is 0 Å². The molecule has 2 rings (SSSR count). The lowest BCUT2D eigenvalue weighted by Gasteiger charge is -2.36. The summed E-state index contributed by atoms with van der Waals surface area (Å²) < 4.78 is 1.09. The molecule has 0 saturated carbocycles. The number of anilines is 1. The van der Waals surface area contributed by atoms with Gasteiger partial charge in [-0.3, -0.25) is 0 Å².